The van der Waals surface area contributed by atoms with E-state index in [-0.39, 0.29) is 5.41 Å². The summed E-state index contributed by atoms with van der Waals surface area (Å²) in [6, 6.07) is 0.513. The van der Waals surface area contributed by atoms with Crippen LogP contribution in [0.25, 0.3) is 0 Å². The highest BCUT2D eigenvalue weighted by Crippen LogP contribution is 2.23. The van der Waals surface area contributed by atoms with Crippen LogP contribution in [-0.4, -0.2) is 30.3 Å². The van der Waals surface area contributed by atoms with Crippen LogP contribution in [-0.2, 0) is 4.79 Å². The molecular formula is C14H29NO. The molecule has 96 valence electrons. The molecule has 0 bridgehead atoms. The molecule has 0 saturated heterocycles. The maximum absolute atomic E-state index is 11.2. The van der Waals surface area contributed by atoms with Crippen LogP contribution in [0.4, 0.5) is 0 Å². The summed E-state index contributed by atoms with van der Waals surface area (Å²) in [4.78, 5) is 13.7. The zero-order valence-electron chi connectivity index (χ0n) is 11.9. The van der Waals surface area contributed by atoms with Crippen LogP contribution in [0.5, 0.6) is 0 Å². The van der Waals surface area contributed by atoms with Gasteiger partial charge < -0.3 is 4.79 Å². The van der Waals surface area contributed by atoms with Crippen molar-refractivity contribution >= 4 is 6.29 Å². The van der Waals surface area contributed by atoms with Crippen molar-refractivity contribution in [3.63, 3.8) is 0 Å². The molecule has 0 aromatic carbocycles. The Hall–Kier alpha value is -0.370. The van der Waals surface area contributed by atoms with Crippen LogP contribution in [0.3, 0.4) is 0 Å². The van der Waals surface area contributed by atoms with Crippen molar-refractivity contribution in [2.75, 3.05) is 13.1 Å². The highest BCUT2D eigenvalue weighted by Gasteiger charge is 2.27. The van der Waals surface area contributed by atoms with E-state index in [2.05, 4.69) is 46.4 Å². The summed E-state index contributed by atoms with van der Waals surface area (Å²) in [5.41, 5.74) is -0.173. The van der Waals surface area contributed by atoms with E-state index < -0.39 is 0 Å². The topological polar surface area (TPSA) is 20.3 Å². The normalized spacial score (nSPS) is 15.8. The Morgan fingerprint density at radius 3 is 2.12 bits per heavy atom. The molecule has 0 aromatic rings. The molecule has 0 aliphatic carbocycles. The van der Waals surface area contributed by atoms with Crippen molar-refractivity contribution in [1.82, 2.24) is 4.90 Å². The predicted octanol–water partition coefficient (Wildman–Crippen LogP) is 3.36. The molecule has 0 fully saturated rings. The molecule has 0 radical (unpaired) electrons. The minimum Gasteiger partial charge on any atom is -0.303 e. The van der Waals surface area contributed by atoms with E-state index in [1.165, 1.54) is 0 Å². The minimum absolute atomic E-state index is 0.173. The number of carbonyl (C=O) groups is 1. The van der Waals surface area contributed by atoms with Gasteiger partial charge >= 0.3 is 0 Å². The molecule has 2 nitrogen and oxygen atoms in total. The van der Waals surface area contributed by atoms with Gasteiger partial charge in [-0.2, -0.15) is 0 Å². The van der Waals surface area contributed by atoms with E-state index >= 15 is 0 Å². The molecule has 0 N–H and O–H groups in total. The Labute approximate surface area is 101 Å². The quantitative estimate of drug-likeness (QED) is 0.593. The number of aldehydes is 1. The number of nitrogens with zero attached hydrogens (tertiary/aromatic N) is 1. The van der Waals surface area contributed by atoms with Gasteiger partial charge in [0, 0.05) is 24.5 Å². The first-order valence-electron chi connectivity index (χ1n) is 6.55. The van der Waals surface area contributed by atoms with Gasteiger partial charge in [-0.05, 0) is 26.2 Å². The van der Waals surface area contributed by atoms with Gasteiger partial charge in [0.25, 0.3) is 0 Å². The summed E-state index contributed by atoms with van der Waals surface area (Å²) >= 11 is 0. The van der Waals surface area contributed by atoms with Crippen molar-refractivity contribution in [3.8, 4) is 0 Å². The van der Waals surface area contributed by atoms with Gasteiger partial charge in [0.2, 0.25) is 0 Å². The second kappa shape index (κ2) is 7.05. The molecule has 0 aliphatic heterocycles. The molecule has 0 spiro atoms. The van der Waals surface area contributed by atoms with Crippen LogP contribution >= 0.6 is 0 Å². The third-order valence-electron chi connectivity index (χ3n) is 3.00. The van der Waals surface area contributed by atoms with Gasteiger partial charge in [-0.25, -0.2) is 0 Å². The van der Waals surface area contributed by atoms with Gasteiger partial charge in [-0.3, -0.25) is 4.90 Å². The first-order valence-corrected chi connectivity index (χ1v) is 6.55. The van der Waals surface area contributed by atoms with Gasteiger partial charge in [-0.1, -0.05) is 34.1 Å². The number of hydrogen-bond donors (Lipinski definition) is 0. The van der Waals surface area contributed by atoms with Crippen LogP contribution < -0.4 is 0 Å². The fourth-order valence-corrected chi connectivity index (χ4v) is 2.14. The second-order valence-corrected chi connectivity index (χ2v) is 5.94. The molecule has 0 rings (SSSR count). The standard InChI is InChI=1S/C14H29NO/c1-7-8-14(6,11-16)10-15(13(4)5)9-12(2)3/h11-13H,7-10H2,1-6H3. The lowest BCUT2D eigenvalue weighted by Gasteiger charge is -2.35. The van der Waals surface area contributed by atoms with Crippen molar-refractivity contribution in [2.45, 2.75) is 60.4 Å². The van der Waals surface area contributed by atoms with E-state index in [4.69, 9.17) is 0 Å². The van der Waals surface area contributed by atoms with Crippen molar-refractivity contribution in [1.29, 1.82) is 0 Å². The monoisotopic (exact) mass is 227 g/mol. The molecule has 1 atom stereocenters. The number of rotatable bonds is 8. The van der Waals surface area contributed by atoms with E-state index in [0.29, 0.717) is 12.0 Å². The second-order valence-electron chi connectivity index (χ2n) is 5.94. The van der Waals surface area contributed by atoms with Gasteiger partial charge in [0.15, 0.2) is 0 Å². The first kappa shape index (κ1) is 15.6. The van der Waals surface area contributed by atoms with Crippen molar-refractivity contribution < 1.29 is 4.79 Å². The fourth-order valence-electron chi connectivity index (χ4n) is 2.14. The summed E-state index contributed by atoms with van der Waals surface area (Å²) in [5, 5.41) is 0. The van der Waals surface area contributed by atoms with E-state index in [9.17, 15) is 4.79 Å². The molecule has 16 heavy (non-hydrogen) atoms. The summed E-state index contributed by atoms with van der Waals surface area (Å²) < 4.78 is 0. The molecule has 0 heterocycles. The Bertz CT molecular complexity index is 201. The third kappa shape index (κ3) is 5.64. The number of carbonyl (C=O) groups excluding carboxylic acids is 1. The molecular weight excluding hydrogens is 198 g/mol. The zero-order valence-corrected chi connectivity index (χ0v) is 11.9. The summed E-state index contributed by atoms with van der Waals surface area (Å²) in [7, 11) is 0. The lowest BCUT2D eigenvalue weighted by molar-refractivity contribution is -0.117. The van der Waals surface area contributed by atoms with Gasteiger partial charge in [0.05, 0.1) is 0 Å². The highest BCUT2D eigenvalue weighted by atomic mass is 16.1. The third-order valence-corrected chi connectivity index (χ3v) is 3.00. The zero-order chi connectivity index (χ0) is 12.8. The van der Waals surface area contributed by atoms with E-state index in [0.717, 1.165) is 32.2 Å². The largest absolute Gasteiger partial charge is 0.303 e. The average molecular weight is 227 g/mol. The Kier molecular flexibility index (Phi) is 6.89. The molecule has 2 heteroatoms. The SMILES string of the molecule is CCCC(C)(C=O)CN(CC(C)C)C(C)C. The maximum atomic E-state index is 11.2. The lowest BCUT2D eigenvalue weighted by Crippen LogP contribution is -2.42. The Morgan fingerprint density at radius 1 is 1.25 bits per heavy atom. The van der Waals surface area contributed by atoms with Crippen LogP contribution in [0.15, 0.2) is 0 Å². The smallest absolute Gasteiger partial charge is 0.127 e. The van der Waals surface area contributed by atoms with Crippen LogP contribution in [0, 0.1) is 11.3 Å². The molecule has 0 aliphatic rings. The molecule has 1 unspecified atom stereocenters. The molecule has 0 amide bonds. The van der Waals surface area contributed by atoms with Crippen LogP contribution in [0.1, 0.15) is 54.4 Å². The predicted molar refractivity (Wildman–Crippen MR) is 70.6 cm³/mol. The highest BCUT2D eigenvalue weighted by molar-refractivity contribution is 5.59. The van der Waals surface area contributed by atoms with E-state index in [1.807, 2.05) is 0 Å². The van der Waals surface area contributed by atoms with Crippen molar-refractivity contribution in [2.24, 2.45) is 11.3 Å². The summed E-state index contributed by atoms with van der Waals surface area (Å²) in [6.07, 6.45) is 3.20. The lowest BCUT2D eigenvalue weighted by atomic mass is 9.86. The van der Waals surface area contributed by atoms with Gasteiger partial charge in [-0.15, -0.1) is 0 Å². The maximum Gasteiger partial charge on any atom is 0.127 e. The van der Waals surface area contributed by atoms with E-state index in [1.54, 1.807) is 0 Å². The summed E-state index contributed by atoms with van der Waals surface area (Å²) in [5.74, 6) is 0.653. The van der Waals surface area contributed by atoms with Crippen molar-refractivity contribution in [3.05, 3.63) is 0 Å². The first-order chi connectivity index (χ1) is 7.34. The van der Waals surface area contributed by atoms with Gasteiger partial charge in [0.1, 0.15) is 6.29 Å². The molecule has 0 aromatic heterocycles. The minimum atomic E-state index is -0.173. The fraction of sp³-hybridized carbons (Fsp3) is 0.929. The Morgan fingerprint density at radius 2 is 1.81 bits per heavy atom. The summed E-state index contributed by atoms with van der Waals surface area (Å²) in [6.45, 7) is 15.1. The Balaban J connectivity index is 4.51. The molecule has 0 saturated carbocycles. The number of hydrogen-bond acceptors (Lipinski definition) is 2. The average Bonchev–Trinajstić information content (AvgIpc) is 2.16. The van der Waals surface area contributed by atoms with Crippen LogP contribution in [0.2, 0.25) is 0 Å².